The maximum absolute atomic E-state index is 5.36. The van der Waals surface area contributed by atoms with Gasteiger partial charge in [0, 0.05) is 23.0 Å². The smallest absolute Gasteiger partial charge is 0.142 e. The molecule has 0 bridgehead atoms. The van der Waals surface area contributed by atoms with Crippen LogP contribution < -0.4 is 0 Å². The Morgan fingerprint density at radius 1 is 0.781 bits per heavy atom. The molecule has 0 radical (unpaired) electrons. The zero-order valence-electron chi connectivity index (χ0n) is 18.1. The SMILES string of the molecule is C1=CCC(n2c3ccccc3c3cc4c(nc32)c2ncccc2n4C2CCCCC2)C=C1. The second kappa shape index (κ2) is 7.06. The first-order chi connectivity index (χ1) is 15.9. The number of para-hydroxylation sites is 1. The van der Waals surface area contributed by atoms with Crippen LogP contribution >= 0.6 is 0 Å². The van der Waals surface area contributed by atoms with E-state index in [0.717, 1.165) is 23.1 Å². The van der Waals surface area contributed by atoms with E-state index in [-0.39, 0.29) is 6.04 Å². The maximum Gasteiger partial charge on any atom is 0.142 e. The van der Waals surface area contributed by atoms with Crippen molar-refractivity contribution in [3.63, 3.8) is 0 Å². The van der Waals surface area contributed by atoms with Crippen molar-refractivity contribution in [1.82, 2.24) is 19.1 Å². The summed E-state index contributed by atoms with van der Waals surface area (Å²) in [4.78, 5) is 10.2. The second-order valence-corrected chi connectivity index (χ2v) is 9.26. The number of rotatable bonds is 2. The molecule has 4 heterocycles. The van der Waals surface area contributed by atoms with Crippen LogP contribution in [-0.4, -0.2) is 19.1 Å². The number of allylic oxidation sites excluding steroid dienone is 4. The highest BCUT2D eigenvalue weighted by Crippen LogP contribution is 2.40. The van der Waals surface area contributed by atoms with Gasteiger partial charge in [-0.1, -0.05) is 61.8 Å². The summed E-state index contributed by atoms with van der Waals surface area (Å²) in [7, 11) is 0. The van der Waals surface area contributed by atoms with Crippen molar-refractivity contribution in [2.24, 2.45) is 0 Å². The molecule has 2 aliphatic rings. The number of fused-ring (bicyclic) bond motifs is 6. The van der Waals surface area contributed by atoms with E-state index in [0.29, 0.717) is 6.04 Å². The van der Waals surface area contributed by atoms with Crippen molar-refractivity contribution in [3.05, 3.63) is 73.0 Å². The summed E-state index contributed by atoms with van der Waals surface area (Å²) in [6, 6.07) is 16.3. The van der Waals surface area contributed by atoms with E-state index in [1.165, 1.54) is 59.4 Å². The van der Waals surface area contributed by atoms with Crippen LogP contribution in [-0.2, 0) is 0 Å². The molecule has 1 aromatic carbocycles. The average molecular weight is 419 g/mol. The number of nitrogens with zero attached hydrogens (tertiary/aromatic N) is 4. The molecule has 0 spiro atoms. The Labute approximate surface area is 186 Å². The number of aromatic nitrogens is 4. The zero-order chi connectivity index (χ0) is 21.1. The van der Waals surface area contributed by atoms with Crippen LogP contribution in [0.5, 0.6) is 0 Å². The van der Waals surface area contributed by atoms with E-state index < -0.39 is 0 Å². The Balaban J connectivity index is 1.60. The van der Waals surface area contributed by atoms with Gasteiger partial charge in [0.25, 0.3) is 0 Å². The molecular weight excluding hydrogens is 392 g/mol. The molecule has 1 unspecified atom stereocenters. The summed E-state index contributed by atoms with van der Waals surface area (Å²) in [5.74, 6) is 0. The molecule has 158 valence electrons. The molecule has 1 atom stereocenters. The molecule has 0 N–H and O–H groups in total. The lowest BCUT2D eigenvalue weighted by Crippen LogP contribution is -2.12. The Morgan fingerprint density at radius 3 is 2.53 bits per heavy atom. The summed E-state index contributed by atoms with van der Waals surface area (Å²) in [5, 5.41) is 2.53. The second-order valence-electron chi connectivity index (χ2n) is 9.26. The predicted octanol–water partition coefficient (Wildman–Crippen LogP) is 7.25. The lowest BCUT2D eigenvalue weighted by atomic mass is 9.95. The third-order valence-corrected chi connectivity index (χ3v) is 7.42. The van der Waals surface area contributed by atoms with Crippen LogP contribution in [0.25, 0.3) is 44.0 Å². The van der Waals surface area contributed by atoms with E-state index in [9.17, 15) is 0 Å². The first-order valence-electron chi connectivity index (χ1n) is 11.9. The van der Waals surface area contributed by atoms with Crippen LogP contribution in [0.15, 0.2) is 73.0 Å². The monoisotopic (exact) mass is 418 g/mol. The van der Waals surface area contributed by atoms with Gasteiger partial charge in [-0.2, -0.15) is 0 Å². The summed E-state index contributed by atoms with van der Waals surface area (Å²) in [6.07, 6.45) is 18.2. The number of pyridine rings is 2. The fourth-order valence-electron chi connectivity index (χ4n) is 5.99. The molecule has 4 nitrogen and oxygen atoms in total. The lowest BCUT2D eigenvalue weighted by Gasteiger charge is -2.25. The minimum Gasteiger partial charge on any atom is -0.335 e. The lowest BCUT2D eigenvalue weighted by molar-refractivity contribution is 0.367. The van der Waals surface area contributed by atoms with E-state index >= 15 is 0 Å². The van der Waals surface area contributed by atoms with Gasteiger partial charge in [0.2, 0.25) is 0 Å². The van der Waals surface area contributed by atoms with Gasteiger partial charge in [-0.05, 0) is 43.5 Å². The van der Waals surface area contributed by atoms with Crippen molar-refractivity contribution >= 4 is 44.0 Å². The highest BCUT2D eigenvalue weighted by molar-refractivity contribution is 6.13. The average Bonchev–Trinajstić information content (AvgIpc) is 3.36. The van der Waals surface area contributed by atoms with Crippen LogP contribution in [0.2, 0.25) is 0 Å². The van der Waals surface area contributed by atoms with Gasteiger partial charge in [-0.3, -0.25) is 4.98 Å². The third kappa shape index (κ3) is 2.56. The van der Waals surface area contributed by atoms with Crippen molar-refractivity contribution in [2.75, 3.05) is 0 Å². The molecule has 7 rings (SSSR count). The van der Waals surface area contributed by atoms with Gasteiger partial charge < -0.3 is 9.13 Å². The molecule has 4 heteroatoms. The molecular formula is C28H26N4. The van der Waals surface area contributed by atoms with E-state index in [1.54, 1.807) is 0 Å². The van der Waals surface area contributed by atoms with Crippen molar-refractivity contribution < 1.29 is 0 Å². The van der Waals surface area contributed by atoms with E-state index in [1.807, 2.05) is 6.20 Å². The predicted molar refractivity (Wildman–Crippen MR) is 132 cm³/mol. The van der Waals surface area contributed by atoms with Crippen molar-refractivity contribution in [2.45, 2.75) is 50.6 Å². The summed E-state index contributed by atoms with van der Waals surface area (Å²) in [5.41, 5.74) is 6.86. The van der Waals surface area contributed by atoms with Gasteiger partial charge in [0.1, 0.15) is 16.7 Å². The van der Waals surface area contributed by atoms with Crippen molar-refractivity contribution in [1.29, 1.82) is 0 Å². The third-order valence-electron chi connectivity index (χ3n) is 7.42. The first-order valence-corrected chi connectivity index (χ1v) is 11.9. The molecule has 2 aliphatic carbocycles. The summed E-state index contributed by atoms with van der Waals surface area (Å²) >= 11 is 0. The highest BCUT2D eigenvalue weighted by atomic mass is 15.1. The normalized spacial score (nSPS) is 19.7. The number of hydrogen-bond donors (Lipinski definition) is 0. The molecule has 4 aromatic heterocycles. The maximum atomic E-state index is 5.36. The standard InChI is InChI=1S/C28H26N4/c1-3-10-19(11-4-1)31-24-16-9-17-29-26(24)27-25(31)18-22-21-14-7-8-15-23(21)32(28(22)30-27)20-12-5-2-6-13-20/h2,5-9,12,14-20H,1,3-4,10-11,13H2. The van der Waals surface area contributed by atoms with Gasteiger partial charge in [-0.25, -0.2) is 4.98 Å². The molecule has 0 amide bonds. The van der Waals surface area contributed by atoms with Crippen LogP contribution in [0.3, 0.4) is 0 Å². The quantitative estimate of drug-likeness (QED) is 0.302. The minimum absolute atomic E-state index is 0.284. The highest BCUT2D eigenvalue weighted by Gasteiger charge is 2.25. The molecule has 5 aromatic rings. The van der Waals surface area contributed by atoms with Gasteiger partial charge >= 0.3 is 0 Å². The number of benzene rings is 1. The van der Waals surface area contributed by atoms with Gasteiger partial charge in [0.05, 0.1) is 22.6 Å². The molecule has 0 saturated heterocycles. The van der Waals surface area contributed by atoms with Crippen LogP contribution in [0.4, 0.5) is 0 Å². The largest absolute Gasteiger partial charge is 0.335 e. The Morgan fingerprint density at radius 2 is 1.66 bits per heavy atom. The summed E-state index contributed by atoms with van der Waals surface area (Å²) < 4.78 is 4.98. The zero-order valence-corrected chi connectivity index (χ0v) is 18.1. The van der Waals surface area contributed by atoms with Crippen LogP contribution in [0, 0.1) is 0 Å². The van der Waals surface area contributed by atoms with E-state index in [2.05, 4.69) is 75.9 Å². The van der Waals surface area contributed by atoms with E-state index in [4.69, 9.17) is 9.97 Å². The molecule has 1 fully saturated rings. The number of hydrogen-bond acceptors (Lipinski definition) is 2. The molecule has 1 saturated carbocycles. The molecule has 32 heavy (non-hydrogen) atoms. The van der Waals surface area contributed by atoms with Gasteiger partial charge in [-0.15, -0.1) is 0 Å². The van der Waals surface area contributed by atoms with Crippen molar-refractivity contribution in [3.8, 4) is 0 Å². The topological polar surface area (TPSA) is 35.6 Å². The first kappa shape index (κ1) is 18.2. The molecule has 0 aliphatic heterocycles. The summed E-state index contributed by atoms with van der Waals surface area (Å²) in [6.45, 7) is 0. The Bertz CT molecular complexity index is 1540. The minimum atomic E-state index is 0.284. The fourth-order valence-corrected chi connectivity index (χ4v) is 5.99. The fraction of sp³-hybridized carbons (Fsp3) is 0.286. The van der Waals surface area contributed by atoms with Crippen LogP contribution in [0.1, 0.15) is 50.6 Å². The Hall–Kier alpha value is -3.40. The van der Waals surface area contributed by atoms with Gasteiger partial charge in [0.15, 0.2) is 0 Å². The Kier molecular flexibility index (Phi) is 4.01.